The lowest BCUT2D eigenvalue weighted by atomic mass is 10.1. The molecule has 1 heterocycles. The molecule has 0 spiro atoms. The summed E-state index contributed by atoms with van der Waals surface area (Å²) in [5.74, 6) is 0. The normalized spacial score (nSPS) is 10.6. The molecule has 2 aromatic rings. The van der Waals surface area contributed by atoms with Crippen molar-refractivity contribution in [1.82, 2.24) is 0 Å². The number of nitrogens with one attached hydrogen (secondary N) is 1. The van der Waals surface area contributed by atoms with Crippen LogP contribution in [0.3, 0.4) is 0 Å². The summed E-state index contributed by atoms with van der Waals surface area (Å²) in [4.78, 5) is 1.26. The largest absolute Gasteiger partial charge is 0.380 e. The Kier molecular flexibility index (Phi) is 5.74. The maximum atomic E-state index is 5.91. The van der Waals surface area contributed by atoms with Crippen molar-refractivity contribution in [1.29, 1.82) is 0 Å². The van der Waals surface area contributed by atoms with E-state index in [-0.39, 0.29) is 0 Å². The Morgan fingerprint density at radius 3 is 2.58 bits per heavy atom. The molecule has 0 saturated heterocycles. The summed E-state index contributed by atoms with van der Waals surface area (Å²) in [6.45, 7) is 3.08. The van der Waals surface area contributed by atoms with Crippen LogP contribution in [0.4, 0.5) is 5.69 Å². The zero-order chi connectivity index (χ0) is 13.5. The highest BCUT2D eigenvalue weighted by molar-refractivity contribution is 7.10. The second-order valence-electron chi connectivity index (χ2n) is 4.74. The van der Waals surface area contributed by atoms with E-state index in [2.05, 4.69) is 36.5 Å². The molecule has 0 bridgehead atoms. The zero-order valence-electron chi connectivity index (χ0n) is 11.3. The number of benzene rings is 1. The molecule has 1 aromatic heterocycles. The molecule has 19 heavy (non-hydrogen) atoms. The van der Waals surface area contributed by atoms with Crippen LogP contribution >= 0.6 is 22.9 Å². The van der Waals surface area contributed by atoms with Crippen LogP contribution in [0.5, 0.6) is 0 Å². The third-order valence-corrected chi connectivity index (χ3v) is 4.40. The van der Waals surface area contributed by atoms with Gasteiger partial charge in [0.15, 0.2) is 0 Å². The zero-order valence-corrected chi connectivity index (χ0v) is 12.9. The molecule has 1 N–H and O–H groups in total. The molecule has 0 atom stereocenters. The van der Waals surface area contributed by atoms with Crippen molar-refractivity contribution in [3.8, 4) is 0 Å². The molecule has 0 unspecified atom stereocenters. The van der Waals surface area contributed by atoms with Gasteiger partial charge in [-0.25, -0.2) is 0 Å². The lowest BCUT2D eigenvalue weighted by Gasteiger charge is -2.06. The lowest BCUT2D eigenvalue weighted by Crippen LogP contribution is -1.97. The van der Waals surface area contributed by atoms with Gasteiger partial charge in [0.05, 0.1) is 5.02 Å². The first-order valence-corrected chi connectivity index (χ1v) is 8.09. The molecule has 102 valence electrons. The fourth-order valence-electron chi connectivity index (χ4n) is 2.00. The molecule has 0 radical (unpaired) electrons. The molecule has 0 amide bonds. The van der Waals surface area contributed by atoms with E-state index in [1.165, 1.54) is 41.8 Å². The maximum absolute atomic E-state index is 5.91. The van der Waals surface area contributed by atoms with Gasteiger partial charge in [0.1, 0.15) is 0 Å². The number of aryl methyl sites for hydroxylation is 1. The number of hydrogen-bond acceptors (Lipinski definition) is 2. The third kappa shape index (κ3) is 4.88. The van der Waals surface area contributed by atoms with E-state index < -0.39 is 0 Å². The Morgan fingerprint density at radius 2 is 1.95 bits per heavy atom. The smallest absolute Gasteiger partial charge is 0.0516 e. The van der Waals surface area contributed by atoms with Crippen molar-refractivity contribution in [2.75, 3.05) is 5.32 Å². The molecule has 1 nitrogen and oxygen atoms in total. The van der Waals surface area contributed by atoms with Crippen LogP contribution in [0.2, 0.25) is 5.02 Å². The van der Waals surface area contributed by atoms with E-state index in [0.29, 0.717) is 0 Å². The Morgan fingerprint density at radius 1 is 1.16 bits per heavy atom. The average molecular weight is 294 g/mol. The SMILES string of the molecule is CCCCCc1ccc(NCc2cc(Cl)cs2)cc1. The summed E-state index contributed by atoms with van der Waals surface area (Å²) in [6.07, 6.45) is 5.08. The van der Waals surface area contributed by atoms with Crippen LogP contribution < -0.4 is 5.32 Å². The first-order valence-electron chi connectivity index (χ1n) is 6.83. The number of hydrogen-bond donors (Lipinski definition) is 1. The summed E-state index contributed by atoms with van der Waals surface area (Å²) < 4.78 is 0. The highest BCUT2D eigenvalue weighted by atomic mass is 35.5. The maximum Gasteiger partial charge on any atom is 0.0516 e. The van der Waals surface area contributed by atoms with E-state index in [4.69, 9.17) is 11.6 Å². The van der Waals surface area contributed by atoms with E-state index in [1.807, 2.05) is 11.4 Å². The summed E-state index contributed by atoms with van der Waals surface area (Å²) in [5.41, 5.74) is 2.60. The van der Waals surface area contributed by atoms with Crippen LogP contribution in [0, 0.1) is 0 Å². The Balaban J connectivity index is 1.81. The quantitative estimate of drug-likeness (QED) is 0.641. The van der Waals surface area contributed by atoms with Gasteiger partial charge in [0.2, 0.25) is 0 Å². The molecule has 3 heteroatoms. The molecule has 1 aromatic carbocycles. The lowest BCUT2D eigenvalue weighted by molar-refractivity contribution is 0.717. The summed E-state index contributed by atoms with van der Waals surface area (Å²) in [5, 5.41) is 6.22. The topological polar surface area (TPSA) is 12.0 Å². The predicted octanol–water partition coefficient (Wildman–Crippen LogP) is 5.75. The van der Waals surface area contributed by atoms with Gasteiger partial charge < -0.3 is 5.32 Å². The Hall–Kier alpha value is -0.990. The molecule has 0 aliphatic carbocycles. The first kappa shape index (κ1) is 14.4. The average Bonchev–Trinajstić information content (AvgIpc) is 2.84. The molecule has 0 saturated carbocycles. The number of anilines is 1. The minimum absolute atomic E-state index is 0.827. The van der Waals surface area contributed by atoms with Crippen LogP contribution in [0.25, 0.3) is 0 Å². The fourth-order valence-corrected chi connectivity index (χ4v) is 3.02. The van der Waals surface area contributed by atoms with Gasteiger partial charge in [-0.05, 0) is 36.6 Å². The molecular weight excluding hydrogens is 274 g/mol. The number of halogens is 1. The number of thiophene rings is 1. The fraction of sp³-hybridized carbons (Fsp3) is 0.375. The van der Waals surface area contributed by atoms with Gasteiger partial charge >= 0.3 is 0 Å². The van der Waals surface area contributed by atoms with E-state index in [1.54, 1.807) is 11.3 Å². The van der Waals surface area contributed by atoms with Crippen molar-refractivity contribution in [2.45, 2.75) is 39.2 Å². The number of rotatable bonds is 7. The molecule has 0 fully saturated rings. The van der Waals surface area contributed by atoms with Crippen LogP contribution in [-0.4, -0.2) is 0 Å². The van der Waals surface area contributed by atoms with Crippen molar-refractivity contribution in [3.63, 3.8) is 0 Å². The van der Waals surface area contributed by atoms with Crippen molar-refractivity contribution in [3.05, 3.63) is 51.2 Å². The van der Waals surface area contributed by atoms with Crippen molar-refractivity contribution >= 4 is 28.6 Å². The predicted molar refractivity (Wildman–Crippen MR) is 86.3 cm³/mol. The first-order chi connectivity index (χ1) is 9.28. The van der Waals surface area contributed by atoms with Gasteiger partial charge in [-0.1, -0.05) is 43.5 Å². The molecule has 2 rings (SSSR count). The van der Waals surface area contributed by atoms with Crippen LogP contribution in [0.1, 0.15) is 36.6 Å². The van der Waals surface area contributed by atoms with Crippen molar-refractivity contribution in [2.24, 2.45) is 0 Å². The minimum Gasteiger partial charge on any atom is -0.380 e. The van der Waals surface area contributed by atoms with Gasteiger partial charge in [0.25, 0.3) is 0 Å². The molecule has 0 aliphatic heterocycles. The van der Waals surface area contributed by atoms with E-state index >= 15 is 0 Å². The van der Waals surface area contributed by atoms with E-state index in [0.717, 1.165) is 11.6 Å². The second-order valence-corrected chi connectivity index (χ2v) is 6.17. The summed E-state index contributed by atoms with van der Waals surface area (Å²) >= 11 is 7.60. The Bertz CT molecular complexity index is 490. The minimum atomic E-state index is 0.827. The second kappa shape index (κ2) is 7.56. The highest BCUT2D eigenvalue weighted by Gasteiger charge is 1.99. The van der Waals surface area contributed by atoms with Gasteiger partial charge in [-0.2, -0.15) is 0 Å². The number of unbranched alkanes of at least 4 members (excludes halogenated alkanes) is 2. The third-order valence-electron chi connectivity index (χ3n) is 3.11. The van der Waals surface area contributed by atoms with E-state index in [9.17, 15) is 0 Å². The van der Waals surface area contributed by atoms with Crippen molar-refractivity contribution < 1.29 is 0 Å². The van der Waals surface area contributed by atoms with Gasteiger partial charge in [0, 0.05) is 22.5 Å². The van der Waals surface area contributed by atoms with Gasteiger partial charge in [-0.3, -0.25) is 0 Å². The molecule has 0 aliphatic rings. The van der Waals surface area contributed by atoms with Gasteiger partial charge in [-0.15, -0.1) is 11.3 Å². The van der Waals surface area contributed by atoms with Crippen LogP contribution in [0.15, 0.2) is 35.7 Å². The van der Waals surface area contributed by atoms with Crippen LogP contribution in [-0.2, 0) is 13.0 Å². The monoisotopic (exact) mass is 293 g/mol. The Labute approximate surface area is 124 Å². The molecular formula is C16H20ClNS. The highest BCUT2D eigenvalue weighted by Crippen LogP contribution is 2.20. The summed E-state index contributed by atoms with van der Waals surface area (Å²) in [7, 11) is 0. The summed E-state index contributed by atoms with van der Waals surface area (Å²) in [6, 6.07) is 10.8. The standard InChI is InChI=1S/C16H20ClNS/c1-2-3-4-5-13-6-8-15(9-7-13)18-11-16-10-14(17)12-19-16/h6-10,12,18H,2-5,11H2,1H3.